The maximum absolute atomic E-state index is 12.1. The van der Waals surface area contributed by atoms with Gasteiger partial charge in [-0.2, -0.15) is 0 Å². The number of hydrogen-bond donors (Lipinski definition) is 2. The number of ether oxygens (including phenoxy) is 1. The van der Waals surface area contributed by atoms with Crippen molar-refractivity contribution in [3.63, 3.8) is 0 Å². The second kappa shape index (κ2) is 7.14. The Morgan fingerprint density at radius 1 is 1.15 bits per heavy atom. The third kappa shape index (κ3) is 4.65. The number of hydrogen-bond acceptors (Lipinski definition) is 4. The smallest absolute Gasteiger partial charge is 0.328 e. The van der Waals surface area contributed by atoms with E-state index in [0.717, 1.165) is 16.7 Å². The zero-order valence-electron chi connectivity index (χ0n) is 16.5. The molecule has 1 aliphatic rings. The molecular weight excluding hydrogens is 330 g/mol. The van der Waals surface area contributed by atoms with Crippen LogP contribution in [0.15, 0.2) is 18.2 Å². The maximum Gasteiger partial charge on any atom is 0.328 e. The van der Waals surface area contributed by atoms with Gasteiger partial charge in [-0.25, -0.2) is 4.79 Å². The molecule has 1 fully saturated rings. The molecule has 0 aromatic heterocycles. The van der Waals surface area contributed by atoms with Gasteiger partial charge < -0.3 is 15.2 Å². The monoisotopic (exact) mass is 359 g/mol. The Balaban J connectivity index is 2.30. The summed E-state index contributed by atoms with van der Waals surface area (Å²) in [6, 6.07) is 3.23. The van der Waals surface area contributed by atoms with Crippen molar-refractivity contribution >= 4 is 18.0 Å². The molecule has 0 radical (unpaired) electrons. The highest BCUT2D eigenvalue weighted by atomic mass is 16.5. The summed E-state index contributed by atoms with van der Waals surface area (Å²) < 4.78 is 4.84. The average Bonchev–Trinajstić information content (AvgIpc) is 2.89. The van der Waals surface area contributed by atoms with Crippen molar-refractivity contribution in [2.45, 2.75) is 64.8 Å². The van der Waals surface area contributed by atoms with E-state index < -0.39 is 6.04 Å². The number of benzene rings is 1. The predicted octanol–water partition coefficient (Wildman–Crippen LogP) is 3.43. The summed E-state index contributed by atoms with van der Waals surface area (Å²) in [5.74, 6) is -0.418. The Kier molecular flexibility index (Phi) is 5.49. The number of nitrogens with one attached hydrogen (secondary N) is 1. The van der Waals surface area contributed by atoms with E-state index >= 15 is 0 Å². The van der Waals surface area contributed by atoms with Crippen LogP contribution in [-0.2, 0) is 25.2 Å². The maximum atomic E-state index is 12.1. The number of cyclic esters (lactones) is 1. The molecule has 0 saturated carbocycles. The van der Waals surface area contributed by atoms with Crippen LogP contribution in [0.5, 0.6) is 5.75 Å². The number of aromatic hydroxyl groups is 1. The van der Waals surface area contributed by atoms with E-state index in [2.05, 4.69) is 5.32 Å². The van der Waals surface area contributed by atoms with Crippen molar-refractivity contribution in [2.75, 3.05) is 6.61 Å². The molecule has 0 spiro atoms. The summed E-state index contributed by atoms with van der Waals surface area (Å²) >= 11 is 0. The Morgan fingerprint density at radius 2 is 1.69 bits per heavy atom. The van der Waals surface area contributed by atoms with E-state index in [1.807, 2.05) is 53.7 Å². The van der Waals surface area contributed by atoms with Crippen molar-refractivity contribution in [1.29, 1.82) is 0 Å². The summed E-state index contributed by atoms with van der Waals surface area (Å²) in [6.45, 7) is 12.6. The molecule has 1 heterocycles. The quantitative estimate of drug-likeness (QED) is 0.640. The lowest BCUT2D eigenvalue weighted by Crippen LogP contribution is -2.36. The van der Waals surface area contributed by atoms with Crippen LogP contribution in [-0.4, -0.2) is 29.6 Å². The average molecular weight is 359 g/mol. The van der Waals surface area contributed by atoms with Gasteiger partial charge in [0.25, 0.3) is 0 Å². The molecule has 1 aromatic carbocycles. The van der Waals surface area contributed by atoms with Crippen molar-refractivity contribution in [3.8, 4) is 5.75 Å². The van der Waals surface area contributed by atoms with Gasteiger partial charge in [0.05, 0.1) is 6.61 Å². The first-order valence-electron chi connectivity index (χ1n) is 8.93. The van der Waals surface area contributed by atoms with Gasteiger partial charge in [-0.1, -0.05) is 41.5 Å². The van der Waals surface area contributed by atoms with Crippen molar-refractivity contribution in [3.05, 3.63) is 34.9 Å². The van der Waals surface area contributed by atoms with E-state index in [9.17, 15) is 14.7 Å². The Hall–Kier alpha value is -2.30. The molecule has 2 rings (SSSR count). The molecule has 1 amide bonds. The lowest BCUT2D eigenvalue weighted by molar-refractivity contribution is -0.140. The molecule has 1 aliphatic heterocycles. The SMILES string of the molecule is CC(C)(C)c1cc(/C=C/C(=O)NC2CCOC2=O)cc(C(C)(C)C)c1O. The van der Waals surface area contributed by atoms with Crippen molar-refractivity contribution in [2.24, 2.45) is 0 Å². The van der Waals surface area contributed by atoms with Gasteiger partial charge in [0, 0.05) is 23.6 Å². The van der Waals surface area contributed by atoms with E-state index in [1.165, 1.54) is 6.08 Å². The largest absolute Gasteiger partial charge is 0.507 e. The molecule has 5 nitrogen and oxygen atoms in total. The van der Waals surface area contributed by atoms with Crippen LogP contribution in [0.25, 0.3) is 6.08 Å². The summed E-state index contributed by atoms with van der Waals surface area (Å²) in [6.07, 6.45) is 3.62. The van der Waals surface area contributed by atoms with Gasteiger partial charge in [0.1, 0.15) is 11.8 Å². The molecule has 26 heavy (non-hydrogen) atoms. The van der Waals surface area contributed by atoms with Gasteiger partial charge in [0.2, 0.25) is 5.91 Å². The standard InChI is InChI=1S/C21H29NO4/c1-20(2,3)14-11-13(12-15(18(14)24)21(4,5)6)7-8-17(23)22-16-9-10-26-19(16)25/h7-8,11-12,16,24H,9-10H2,1-6H3,(H,22,23)/b8-7+. The first kappa shape index (κ1) is 20.0. The first-order chi connectivity index (χ1) is 11.9. The minimum atomic E-state index is -0.567. The molecule has 5 heteroatoms. The molecule has 0 aliphatic carbocycles. The fourth-order valence-electron chi connectivity index (χ4n) is 2.92. The van der Waals surface area contributed by atoms with Crippen LogP contribution in [0.2, 0.25) is 0 Å². The van der Waals surface area contributed by atoms with E-state index in [1.54, 1.807) is 6.08 Å². The predicted molar refractivity (Wildman–Crippen MR) is 102 cm³/mol. The number of esters is 1. The van der Waals surface area contributed by atoms with Gasteiger partial charge in [0.15, 0.2) is 0 Å². The summed E-state index contributed by atoms with van der Waals surface area (Å²) in [5, 5.41) is 13.4. The van der Waals surface area contributed by atoms with Crippen molar-refractivity contribution < 1.29 is 19.4 Å². The van der Waals surface area contributed by atoms with Gasteiger partial charge >= 0.3 is 5.97 Å². The Morgan fingerprint density at radius 3 is 2.12 bits per heavy atom. The van der Waals surface area contributed by atoms with Crippen LogP contribution >= 0.6 is 0 Å². The Bertz CT molecular complexity index is 700. The third-order valence-corrected chi connectivity index (χ3v) is 4.43. The second-order valence-corrected chi connectivity index (χ2v) is 8.82. The van der Waals surface area contributed by atoms with Crippen LogP contribution in [0.1, 0.15) is 64.7 Å². The third-order valence-electron chi connectivity index (χ3n) is 4.43. The van der Waals surface area contributed by atoms with Gasteiger partial charge in [-0.05, 0) is 34.6 Å². The Labute approximate surface area is 155 Å². The molecule has 0 bridgehead atoms. The van der Waals surface area contributed by atoms with Crippen LogP contribution in [0.3, 0.4) is 0 Å². The minimum absolute atomic E-state index is 0.232. The molecule has 142 valence electrons. The molecule has 2 N–H and O–H groups in total. The summed E-state index contributed by atoms with van der Waals surface area (Å²) in [5.41, 5.74) is 2.05. The lowest BCUT2D eigenvalue weighted by Gasteiger charge is -2.27. The molecule has 1 aromatic rings. The van der Waals surface area contributed by atoms with Crippen LogP contribution < -0.4 is 5.32 Å². The molecule has 1 saturated heterocycles. The molecule has 1 atom stereocenters. The van der Waals surface area contributed by atoms with Gasteiger partial charge in [-0.3, -0.25) is 4.79 Å². The first-order valence-corrected chi connectivity index (χ1v) is 8.93. The number of carbonyl (C=O) groups excluding carboxylic acids is 2. The highest BCUT2D eigenvalue weighted by Crippen LogP contribution is 2.39. The van der Waals surface area contributed by atoms with Crippen LogP contribution in [0.4, 0.5) is 0 Å². The van der Waals surface area contributed by atoms with E-state index in [-0.39, 0.29) is 22.7 Å². The zero-order valence-corrected chi connectivity index (χ0v) is 16.5. The van der Waals surface area contributed by atoms with Crippen molar-refractivity contribution in [1.82, 2.24) is 5.32 Å². The summed E-state index contributed by atoms with van der Waals surface area (Å²) in [7, 11) is 0. The zero-order chi connectivity index (χ0) is 19.7. The minimum Gasteiger partial charge on any atom is -0.507 e. The highest BCUT2D eigenvalue weighted by molar-refractivity contribution is 5.95. The van der Waals surface area contributed by atoms with E-state index in [0.29, 0.717) is 18.8 Å². The summed E-state index contributed by atoms with van der Waals surface area (Å²) in [4.78, 5) is 23.5. The molecular formula is C21H29NO4. The topological polar surface area (TPSA) is 75.6 Å². The second-order valence-electron chi connectivity index (χ2n) is 8.82. The van der Waals surface area contributed by atoms with Crippen LogP contribution in [0, 0.1) is 0 Å². The normalized spacial score (nSPS) is 18.2. The fourth-order valence-corrected chi connectivity index (χ4v) is 2.92. The molecule has 1 unspecified atom stereocenters. The lowest BCUT2D eigenvalue weighted by atomic mass is 9.78. The fraction of sp³-hybridized carbons (Fsp3) is 0.524. The number of phenols is 1. The number of carbonyl (C=O) groups is 2. The van der Waals surface area contributed by atoms with Gasteiger partial charge in [-0.15, -0.1) is 0 Å². The number of rotatable bonds is 3. The van der Waals surface area contributed by atoms with E-state index in [4.69, 9.17) is 4.74 Å². The number of amides is 1. The highest BCUT2D eigenvalue weighted by Gasteiger charge is 2.28. The number of phenolic OH excluding ortho intramolecular Hbond substituents is 1.